The summed E-state index contributed by atoms with van der Waals surface area (Å²) in [5.74, 6) is -0.658. The Morgan fingerprint density at radius 3 is 2.59 bits per heavy atom. The van der Waals surface area contributed by atoms with Gasteiger partial charge in [0.2, 0.25) is 0 Å². The van der Waals surface area contributed by atoms with Crippen molar-refractivity contribution in [3.05, 3.63) is 29.1 Å². The number of hydrogen-bond acceptors (Lipinski definition) is 2. The minimum absolute atomic E-state index is 0.0122. The van der Waals surface area contributed by atoms with Crippen molar-refractivity contribution < 1.29 is 22.3 Å². The van der Waals surface area contributed by atoms with Gasteiger partial charge in [-0.3, -0.25) is 4.99 Å². The second-order valence-corrected chi connectivity index (χ2v) is 3.58. The van der Waals surface area contributed by atoms with Gasteiger partial charge >= 0.3 is 6.18 Å². The number of rotatable bonds is 1. The van der Waals surface area contributed by atoms with Gasteiger partial charge in [0.05, 0.1) is 7.11 Å². The van der Waals surface area contributed by atoms with Gasteiger partial charge in [0.15, 0.2) is 0 Å². The van der Waals surface area contributed by atoms with Crippen molar-refractivity contribution in [1.82, 2.24) is 0 Å². The van der Waals surface area contributed by atoms with Crippen LogP contribution >= 0.6 is 0 Å². The molecule has 0 atom stereocenters. The van der Waals surface area contributed by atoms with Crippen molar-refractivity contribution in [2.24, 2.45) is 4.99 Å². The average Bonchev–Trinajstić information content (AvgIpc) is 2.28. The van der Waals surface area contributed by atoms with E-state index < -0.39 is 23.3 Å². The Bertz CT molecular complexity index is 479. The number of ether oxygens (including phenoxy) is 1. The van der Waals surface area contributed by atoms with Crippen LogP contribution in [0.4, 0.5) is 17.6 Å². The van der Waals surface area contributed by atoms with Crippen LogP contribution in [0.1, 0.15) is 11.1 Å². The SMILES string of the molecule is COc1ccc(F)c2c1CCN=C2C(F)(F)F. The Hall–Kier alpha value is -1.59. The molecule has 0 fully saturated rings. The van der Waals surface area contributed by atoms with Crippen LogP contribution in [0.25, 0.3) is 0 Å². The first-order chi connectivity index (χ1) is 7.95. The number of fused-ring (bicyclic) bond motifs is 1. The Morgan fingerprint density at radius 2 is 2.00 bits per heavy atom. The van der Waals surface area contributed by atoms with Crippen molar-refractivity contribution in [2.75, 3.05) is 13.7 Å². The lowest BCUT2D eigenvalue weighted by Crippen LogP contribution is -2.29. The Balaban J connectivity index is 2.65. The van der Waals surface area contributed by atoms with Gasteiger partial charge < -0.3 is 4.74 Å². The maximum atomic E-state index is 13.5. The highest BCUT2D eigenvalue weighted by Crippen LogP contribution is 2.34. The third kappa shape index (κ3) is 1.99. The van der Waals surface area contributed by atoms with Crippen LogP contribution in [0.15, 0.2) is 17.1 Å². The summed E-state index contributed by atoms with van der Waals surface area (Å²) in [5.41, 5.74) is -1.41. The van der Waals surface area contributed by atoms with Crippen LogP contribution in [0.5, 0.6) is 5.75 Å². The molecule has 1 aliphatic heterocycles. The molecule has 2 nitrogen and oxygen atoms in total. The number of halogens is 4. The number of alkyl halides is 3. The molecule has 0 bridgehead atoms. The van der Waals surface area contributed by atoms with Crippen LogP contribution < -0.4 is 4.74 Å². The van der Waals surface area contributed by atoms with Crippen molar-refractivity contribution in [2.45, 2.75) is 12.6 Å². The molecule has 2 rings (SSSR count). The second-order valence-electron chi connectivity index (χ2n) is 3.58. The van der Waals surface area contributed by atoms with E-state index >= 15 is 0 Å². The van der Waals surface area contributed by atoms with E-state index in [1.165, 1.54) is 13.2 Å². The number of nitrogens with zero attached hydrogens (tertiary/aromatic N) is 1. The molecule has 0 saturated heterocycles. The smallest absolute Gasteiger partial charge is 0.433 e. The summed E-state index contributed by atoms with van der Waals surface area (Å²) < 4.78 is 56.6. The molecule has 0 saturated carbocycles. The molecule has 17 heavy (non-hydrogen) atoms. The summed E-state index contributed by atoms with van der Waals surface area (Å²) in [4.78, 5) is 3.37. The predicted octanol–water partition coefficient (Wildman–Crippen LogP) is 2.74. The van der Waals surface area contributed by atoms with Crippen LogP contribution in [-0.2, 0) is 6.42 Å². The maximum Gasteiger partial charge on any atom is 0.433 e. The minimum Gasteiger partial charge on any atom is -0.496 e. The molecule has 0 aromatic heterocycles. The quantitative estimate of drug-likeness (QED) is 0.699. The van der Waals surface area contributed by atoms with Crippen molar-refractivity contribution >= 4 is 5.71 Å². The first kappa shape index (κ1) is 11.9. The van der Waals surface area contributed by atoms with E-state index in [1.807, 2.05) is 0 Å². The molecule has 0 aliphatic carbocycles. The van der Waals surface area contributed by atoms with E-state index in [-0.39, 0.29) is 24.3 Å². The molecule has 0 spiro atoms. The van der Waals surface area contributed by atoms with Crippen molar-refractivity contribution in [1.29, 1.82) is 0 Å². The molecule has 0 unspecified atom stereocenters. The van der Waals surface area contributed by atoms with Gasteiger partial charge in [0.25, 0.3) is 0 Å². The van der Waals surface area contributed by atoms with Gasteiger partial charge in [-0.1, -0.05) is 0 Å². The lowest BCUT2D eigenvalue weighted by molar-refractivity contribution is -0.0586. The Morgan fingerprint density at radius 1 is 1.29 bits per heavy atom. The summed E-state index contributed by atoms with van der Waals surface area (Å²) >= 11 is 0. The summed E-state index contributed by atoms with van der Waals surface area (Å²) in [6.45, 7) is -0.0122. The summed E-state index contributed by atoms with van der Waals surface area (Å²) in [6, 6.07) is 2.29. The standard InChI is InChI=1S/C11H9F4NO/c1-17-8-3-2-7(12)9-6(8)4-5-16-10(9)11(13,14)15/h2-3H,4-5H2,1H3. The Labute approximate surface area is 94.9 Å². The summed E-state index contributed by atoms with van der Waals surface area (Å²) in [6.07, 6.45) is -4.40. The average molecular weight is 247 g/mol. The van der Waals surface area contributed by atoms with Crippen LogP contribution in [-0.4, -0.2) is 25.5 Å². The monoisotopic (exact) mass is 247 g/mol. The first-order valence-electron chi connectivity index (χ1n) is 4.92. The highest BCUT2D eigenvalue weighted by molar-refractivity contribution is 6.07. The minimum atomic E-state index is -4.65. The molecule has 0 N–H and O–H groups in total. The van der Waals surface area contributed by atoms with Crippen LogP contribution in [0.2, 0.25) is 0 Å². The van der Waals surface area contributed by atoms with Gasteiger partial charge in [-0.15, -0.1) is 0 Å². The van der Waals surface area contributed by atoms with Gasteiger partial charge in [0, 0.05) is 17.7 Å². The van der Waals surface area contributed by atoms with E-state index in [2.05, 4.69) is 4.99 Å². The molecule has 1 aromatic carbocycles. The highest BCUT2D eigenvalue weighted by atomic mass is 19.4. The van der Waals surface area contributed by atoms with Gasteiger partial charge in [0.1, 0.15) is 17.3 Å². The van der Waals surface area contributed by atoms with E-state index in [9.17, 15) is 17.6 Å². The molecule has 1 aliphatic rings. The maximum absolute atomic E-state index is 13.5. The zero-order valence-electron chi connectivity index (χ0n) is 8.94. The molecular weight excluding hydrogens is 238 g/mol. The number of hydrogen-bond donors (Lipinski definition) is 0. The predicted molar refractivity (Wildman–Crippen MR) is 54.1 cm³/mol. The van der Waals surface area contributed by atoms with E-state index in [4.69, 9.17) is 4.74 Å². The molecule has 0 radical (unpaired) electrons. The van der Waals surface area contributed by atoms with E-state index in [0.717, 1.165) is 6.07 Å². The van der Waals surface area contributed by atoms with Gasteiger partial charge in [-0.25, -0.2) is 4.39 Å². The molecule has 6 heteroatoms. The van der Waals surface area contributed by atoms with E-state index in [0.29, 0.717) is 0 Å². The van der Waals surface area contributed by atoms with Gasteiger partial charge in [-0.05, 0) is 18.6 Å². The van der Waals surface area contributed by atoms with Gasteiger partial charge in [-0.2, -0.15) is 13.2 Å². The number of benzene rings is 1. The normalized spacial score (nSPS) is 15.2. The van der Waals surface area contributed by atoms with Crippen LogP contribution in [0, 0.1) is 5.82 Å². The fourth-order valence-corrected chi connectivity index (χ4v) is 1.89. The largest absolute Gasteiger partial charge is 0.496 e. The first-order valence-corrected chi connectivity index (χ1v) is 4.92. The third-order valence-electron chi connectivity index (χ3n) is 2.58. The van der Waals surface area contributed by atoms with Crippen molar-refractivity contribution in [3.8, 4) is 5.75 Å². The topological polar surface area (TPSA) is 21.6 Å². The summed E-state index contributed by atoms with van der Waals surface area (Å²) in [5, 5.41) is 0. The zero-order valence-corrected chi connectivity index (χ0v) is 8.94. The summed E-state index contributed by atoms with van der Waals surface area (Å²) in [7, 11) is 1.34. The lowest BCUT2D eigenvalue weighted by atomic mass is 9.95. The molecule has 1 heterocycles. The fourth-order valence-electron chi connectivity index (χ4n) is 1.89. The van der Waals surface area contributed by atoms with E-state index in [1.54, 1.807) is 0 Å². The zero-order chi connectivity index (χ0) is 12.6. The number of aliphatic imine (C=N–C) groups is 1. The van der Waals surface area contributed by atoms with Crippen LogP contribution in [0.3, 0.4) is 0 Å². The second kappa shape index (κ2) is 4.01. The fraction of sp³-hybridized carbons (Fsp3) is 0.364. The molecular formula is C11H9F4NO. The molecule has 0 amide bonds. The molecule has 92 valence electrons. The lowest BCUT2D eigenvalue weighted by Gasteiger charge is -2.21. The molecule has 1 aromatic rings. The number of methoxy groups -OCH3 is 1. The van der Waals surface area contributed by atoms with Crippen molar-refractivity contribution in [3.63, 3.8) is 0 Å². The Kier molecular flexibility index (Phi) is 2.81. The third-order valence-corrected chi connectivity index (χ3v) is 2.58. The highest BCUT2D eigenvalue weighted by Gasteiger charge is 2.41.